The fraction of sp³-hybridized carbons (Fsp3) is 0.556. The Morgan fingerprint density at radius 1 is 1.18 bits per heavy atom. The van der Waals surface area contributed by atoms with Crippen molar-refractivity contribution in [2.45, 2.75) is 52.5 Å². The molecule has 0 bridgehead atoms. The van der Waals surface area contributed by atoms with Gasteiger partial charge in [-0.1, -0.05) is 46.2 Å². The van der Waals surface area contributed by atoms with Gasteiger partial charge in [-0.3, -0.25) is 9.59 Å². The monoisotopic (exact) mass is 486 g/mol. The maximum Gasteiger partial charge on any atom is 0.249 e. The fourth-order valence-electron chi connectivity index (χ4n) is 4.23. The van der Waals surface area contributed by atoms with Gasteiger partial charge in [0.05, 0.1) is 12.6 Å². The lowest BCUT2D eigenvalue weighted by atomic mass is 10.00. The molecule has 2 atom stereocenters. The fourth-order valence-corrected chi connectivity index (χ4v) is 5.16. The number of amides is 2. The van der Waals surface area contributed by atoms with Crippen LogP contribution in [0, 0.1) is 5.92 Å². The van der Waals surface area contributed by atoms with Crippen LogP contribution in [0.3, 0.4) is 0 Å². The third-order valence-electron chi connectivity index (χ3n) is 6.55. The summed E-state index contributed by atoms with van der Waals surface area (Å²) < 4.78 is 11.2. The Labute approximate surface area is 207 Å². The van der Waals surface area contributed by atoms with Crippen molar-refractivity contribution >= 4 is 23.2 Å². The highest BCUT2D eigenvalue weighted by molar-refractivity contribution is 7.10. The Kier molecular flexibility index (Phi) is 9.54. The van der Waals surface area contributed by atoms with Crippen molar-refractivity contribution in [2.75, 3.05) is 40.0 Å². The van der Waals surface area contributed by atoms with Crippen molar-refractivity contribution < 1.29 is 19.1 Å². The molecule has 1 aliphatic rings. The lowest BCUT2D eigenvalue weighted by Crippen LogP contribution is -2.49. The topological polar surface area (TPSA) is 59.1 Å². The van der Waals surface area contributed by atoms with Crippen LogP contribution in [0.15, 0.2) is 35.7 Å². The Morgan fingerprint density at radius 3 is 2.56 bits per heavy atom. The van der Waals surface area contributed by atoms with Gasteiger partial charge in [-0.2, -0.15) is 0 Å². The molecule has 34 heavy (non-hydrogen) atoms. The molecule has 1 aliphatic heterocycles. The van der Waals surface area contributed by atoms with Crippen LogP contribution in [0.25, 0.3) is 0 Å². The van der Waals surface area contributed by atoms with Crippen LogP contribution in [-0.4, -0.2) is 61.6 Å². The maximum atomic E-state index is 13.5. The molecule has 3 rings (SSSR count). The lowest BCUT2D eigenvalue weighted by Gasteiger charge is -2.37. The van der Waals surface area contributed by atoms with E-state index in [0.29, 0.717) is 31.5 Å². The standard InChI is InChI=1S/C27H38N2O4S/c1-6-20(4)15-28(27(31)18-32-5)16-26(30)29-13-11-25-23(12-14-34-25)24(29)17-33-22-9-7-21(8-10-22)19(2)3/h7-10,12,14,19-20,24H,6,11,13,15-18H2,1-5H3/t20-,24+/m0/s1. The molecule has 6 nitrogen and oxygen atoms in total. The predicted molar refractivity (Wildman–Crippen MR) is 136 cm³/mol. The zero-order chi connectivity index (χ0) is 24.7. The number of nitrogens with zero attached hydrogens (tertiary/aromatic N) is 2. The summed E-state index contributed by atoms with van der Waals surface area (Å²) >= 11 is 1.73. The summed E-state index contributed by atoms with van der Waals surface area (Å²) in [7, 11) is 1.50. The SMILES string of the molecule is CC[C@H](C)CN(CC(=O)N1CCc2sccc2[C@H]1COc1ccc(C(C)C)cc1)C(=O)COC. The van der Waals surface area contributed by atoms with Crippen molar-refractivity contribution in [3.63, 3.8) is 0 Å². The van der Waals surface area contributed by atoms with Crippen LogP contribution < -0.4 is 4.74 Å². The molecular weight excluding hydrogens is 448 g/mol. The summed E-state index contributed by atoms with van der Waals surface area (Å²) in [6, 6.07) is 10.1. The van der Waals surface area contributed by atoms with Gasteiger partial charge in [-0.05, 0) is 53.0 Å². The quantitative estimate of drug-likeness (QED) is 0.453. The van der Waals surface area contributed by atoms with Gasteiger partial charge < -0.3 is 19.3 Å². The third-order valence-corrected chi connectivity index (χ3v) is 7.54. The van der Waals surface area contributed by atoms with E-state index in [9.17, 15) is 9.59 Å². The summed E-state index contributed by atoms with van der Waals surface area (Å²) in [4.78, 5) is 31.0. The maximum absolute atomic E-state index is 13.5. The molecule has 7 heteroatoms. The van der Waals surface area contributed by atoms with Gasteiger partial charge in [0, 0.05) is 25.1 Å². The zero-order valence-corrected chi connectivity index (χ0v) is 21.9. The van der Waals surface area contributed by atoms with E-state index in [0.717, 1.165) is 24.2 Å². The summed E-state index contributed by atoms with van der Waals surface area (Å²) in [6.07, 6.45) is 1.77. The van der Waals surface area contributed by atoms with Crippen molar-refractivity contribution in [3.05, 3.63) is 51.7 Å². The van der Waals surface area contributed by atoms with E-state index in [1.54, 1.807) is 16.2 Å². The first-order valence-electron chi connectivity index (χ1n) is 12.2. The van der Waals surface area contributed by atoms with E-state index in [2.05, 4.69) is 51.3 Å². The Hall–Kier alpha value is -2.38. The van der Waals surface area contributed by atoms with Gasteiger partial charge in [-0.15, -0.1) is 11.3 Å². The van der Waals surface area contributed by atoms with Crippen LogP contribution in [0.5, 0.6) is 5.75 Å². The molecule has 1 aromatic carbocycles. The van der Waals surface area contributed by atoms with Crippen LogP contribution in [0.1, 0.15) is 62.1 Å². The highest BCUT2D eigenvalue weighted by atomic mass is 32.1. The molecular formula is C27H38N2O4S. The molecule has 0 saturated heterocycles. The molecule has 0 radical (unpaired) electrons. The minimum atomic E-state index is -0.171. The van der Waals surface area contributed by atoms with Crippen molar-refractivity contribution in [3.8, 4) is 5.75 Å². The van der Waals surface area contributed by atoms with E-state index in [1.165, 1.54) is 17.6 Å². The second kappa shape index (κ2) is 12.4. The third kappa shape index (κ3) is 6.60. The van der Waals surface area contributed by atoms with E-state index in [-0.39, 0.29) is 31.0 Å². The number of hydrogen-bond donors (Lipinski definition) is 0. The van der Waals surface area contributed by atoms with Crippen LogP contribution in [0.2, 0.25) is 0 Å². The minimum Gasteiger partial charge on any atom is -0.491 e. The molecule has 0 spiro atoms. The van der Waals surface area contributed by atoms with Gasteiger partial charge in [0.1, 0.15) is 19.0 Å². The average molecular weight is 487 g/mol. The van der Waals surface area contributed by atoms with Gasteiger partial charge in [0.15, 0.2) is 0 Å². The number of thiophene rings is 1. The van der Waals surface area contributed by atoms with E-state index >= 15 is 0 Å². The van der Waals surface area contributed by atoms with Gasteiger partial charge in [0.25, 0.3) is 0 Å². The Morgan fingerprint density at radius 2 is 1.91 bits per heavy atom. The first-order chi connectivity index (χ1) is 16.3. The number of rotatable bonds is 11. The first-order valence-corrected chi connectivity index (χ1v) is 13.1. The molecule has 2 amide bonds. The Balaban J connectivity index is 1.75. The highest BCUT2D eigenvalue weighted by Gasteiger charge is 2.33. The largest absolute Gasteiger partial charge is 0.491 e. The minimum absolute atomic E-state index is 0.0166. The normalized spacial score (nSPS) is 16.3. The summed E-state index contributed by atoms with van der Waals surface area (Å²) in [5.74, 6) is 1.38. The number of ether oxygens (including phenoxy) is 2. The number of carbonyl (C=O) groups excluding carboxylic acids is 2. The second-order valence-corrected chi connectivity index (χ2v) is 10.4. The van der Waals surface area contributed by atoms with Crippen LogP contribution in [-0.2, 0) is 20.7 Å². The number of carbonyl (C=O) groups is 2. The van der Waals surface area contributed by atoms with E-state index in [4.69, 9.17) is 9.47 Å². The highest BCUT2D eigenvalue weighted by Crippen LogP contribution is 2.34. The average Bonchev–Trinajstić information content (AvgIpc) is 3.31. The van der Waals surface area contributed by atoms with Crippen LogP contribution in [0.4, 0.5) is 0 Å². The van der Waals surface area contributed by atoms with E-state index < -0.39 is 0 Å². The Bertz CT molecular complexity index is 940. The molecule has 0 unspecified atom stereocenters. The molecule has 1 aromatic heterocycles. The predicted octanol–water partition coefficient (Wildman–Crippen LogP) is 4.90. The molecule has 2 aromatic rings. The summed E-state index contributed by atoms with van der Waals surface area (Å²) in [6.45, 7) is 10.1. The lowest BCUT2D eigenvalue weighted by molar-refractivity contribution is -0.145. The number of hydrogen-bond acceptors (Lipinski definition) is 5. The van der Waals surface area contributed by atoms with Gasteiger partial charge in [-0.25, -0.2) is 0 Å². The molecule has 186 valence electrons. The molecule has 0 aliphatic carbocycles. The van der Waals surface area contributed by atoms with E-state index in [1.807, 2.05) is 17.0 Å². The second-order valence-electron chi connectivity index (χ2n) is 9.41. The number of fused-ring (bicyclic) bond motifs is 1. The first kappa shape index (κ1) is 26.2. The van der Waals surface area contributed by atoms with Gasteiger partial charge >= 0.3 is 0 Å². The molecule has 0 saturated carbocycles. The molecule has 0 N–H and O–H groups in total. The van der Waals surface area contributed by atoms with Crippen molar-refractivity contribution in [1.82, 2.24) is 9.80 Å². The summed E-state index contributed by atoms with van der Waals surface area (Å²) in [5, 5.41) is 2.08. The number of benzene rings is 1. The van der Waals surface area contributed by atoms with Gasteiger partial charge in [0.2, 0.25) is 11.8 Å². The molecule has 0 fully saturated rings. The van der Waals surface area contributed by atoms with Crippen molar-refractivity contribution in [1.29, 1.82) is 0 Å². The van der Waals surface area contributed by atoms with Crippen LogP contribution >= 0.6 is 11.3 Å². The summed E-state index contributed by atoms with van der Waals surface area (Å²) in [5.41, 5.74) is 2.42. The van der Waals surface area contributed by atoms with Crippen molar-refractivity contribution in [2.24, 2.45) is 5.92 Å². The molecule has 2 heterocycles. The zero-order valence-electron chi connectivity index (χ0n) is 21.1. The number of methoxy groups -OCH3 is 1. The smallest absolute Gasteiger partial charge is 0.249 e.